The maximum absolute atomic E-state index is 13.0. The topological polar surface area (TPSA) is 32.3 Å². The molecular weight excluding hydrogens is 265 g/mol. The number of nitrogens with one attached hydrogen (secondary N) is 1. The van der Waals surface area contributed by atoms with E-state index in [1.54, 1.807) is 6.07 Å². The van der Waals surface area contributed by atoms with Crippen LogP contribution in [0.4, 0.5) is 4.39 Å². The van der Waals surface area contributed by atoms with Gasteiger partial charge in [0.05, 0.1) is 0 Å². The minimum absolute atomic E-state index is 0.115. The standard InChI is InChI=1S/C15H21ClFNO/c1-10(14-7-4-12(17)8-15(14)16)18-13-5-2-11(9-19)3-6-13/h4,7-8,10-11,13,18-19H,2-3,5-6,9H2,1H3. The molecule has 0 amide bonds. The molecule has 0 aromatic heterocycles. The summed E-state index contributed by atoms with van der Waals surface area (Å²) < 4.78 is 13.0. The van der Waals surface area contributed by atoms with E-state index in [0.717, 1.165) is 31.2 Å². The van der Waals surface area contributed by atoms with E-state index in [4.69, 9.17) is 16.7 Å². The van der Waals surface area contributed by atoms with Gasteiger partial charge in [0.25, 0.3) is 0 Å². The van der Waals surface area contributed by atoms with E-state index in [2.05, 4.69) is 12.2 Å². The summed E-state index contributed by atoms with van der Waals surface area (Å²) in [6.07, 6.45) is 4.29. The van der Waals surface area contributed by atoms with Crippen molar-refractivity contribution in [2.75, 3.05) is 6.61 Å². The quantitative estimate of drug-likeness (QED) is 0.884. The number of hydrogen-bond acceptors (Lipinski definition) is 2. The summed E-state index contributed by atoms with van der Waals surface area (Å²) in [7, 11) is 0. The smallest absolute Gasteiger partial charge is 0.124 e. The highest BCUT2D eigenvalue weighted by Gasteiger charge is 2.22. The predicted octanol–water partition coefficient (Wildman–Crippen LogP) is 3.68. The first-order valence-corrected chi connectivity index (χ1v) is 7.29. The Bertz CT molecular complexity index is 419. The van der Waals surface area contributed by atoms with Crippen LogP contribution in [0, 0.1) is 11.7 Å². The Hall–Kier alpha value is -0.640. The van der Waals surface area contributed by atoms with Crippen molar-refractivity contribution in [3.05, 3.63) is 34.6 Å². The molecular formula is C15H21ClFNO. The number of benzene rings is 1. The Balaban J connectivity index is 1.92. The van der Waals surface area contributed by atoms with Gasteiger partial charge in [-0.3, -0.25) is 0 Å². The predicted molar refractivity (Wildman–Crippen MR) is 75.8 cm³/mol. The third kappa shape index (κ3) is 3.91. The molecule has 2 nitrogen and oxygen atoms in total. The highest BCUT2D eigenvalue weighted by molar-refractivity contribution is 6.31. The Morgan fingerprint density at radius 2 is 2.05 bits per heavy atom. The van der Waals surface area contributed by atoms with E-state index in [-0.39, 0.29) is 11.9 Å². The average Bonchev–Trinajstić information content (AvgIpc) is 2.39. The van der Waals surface area contributed by atoms with E-state index in [1.165, 1.54) is 12.1 Å². The van der Waals surface area contributed by atoms with Crippen molar-refractivity contribution < 1.29 is 9.50 Å². The van der Waals surface area contributed by atoms with Gasteiger partial charge in [0.15, 0.2) is 0 Å². The van der Waals surface area contributed by atoms with Gasteiger partial charge in [-0.1, -0.05) is 17.7 Å². The lowest BCUT2D eigenvalue weighted by Gasteiger charge is -2.30. The van der Waals surface area contributed by atoms with Crippen LogP contribution in [-0.4, -0.2) is 17.8 Å². The van der Waals surface area contributed by atoms with Crippen molar-refractivity contribution in [2.45, 2.75) is 44.7 Å². The van der Waals surface area contributed by atoms with Crippen molar-refractivity contribution in [1.29, 1.82) is 0 Å². The average molecular weight is 286 g/mol. The van der Waals surface area contributed by atoms with Crippen LogP contribution in [0.2, 0.25) is 5.02 Å². The summed E-state index contributed by atoms with van der Waals surface area (Å²) in [5.41, 5.74) is 0.937. The minimum Gasteiger partial charge on any atom is -0.396 e. The lowest BCUT2D eigenvalue weighted by atomic mass is 9.86. The van der Waals surface area contributed by atoms with E-state index in [0.29, 0.717) is 23.6 Å². The summed E-state index contributed by atoms with van der Waals surface area (Å²) in [5, 5.41) is 13.2. The maximum Gasteiger partial charge on any atom is 0.124 e. The molecule has 2 N–H and O–H groups in total. The second-order valence-corrected chi connectivity index (χ2v) is 5.86. The zero-order chi connectivity index (χ0) is 13.8. The van der Waals surface area contributed by atoms with Gasteiger partial charge >= 0.3 is 0 Å². The molecule has 1 atom stereocenters. The van der Waals surface area contributed by atoms with Gasteiger partial charge < -0.3 is 10.4 Å². The fourth-order valence-corrected chi connectivity index (χ4v) is 3.14. The number of aliphatic hydroxyl groups excluding tert-OH is 1. The SMILES string of the molecule is CC(NC1CCC(CO)CC1)c1ccc(F)cc1Cl. The van der Waals surface area contributed by atoms with Gasteiger partial charge in [-0.05, 0) is 56.2 Å². The zero-order valence-electron chi connectivity index (χ0n) is 11.2. The summed E-state index contributed by atoms with van der Waals surface area (Å²) in [6, 6.07) is 5.12. The largest absolute Gasteiger partial charge is 0.396 e. The van der Waals surface area contributed by atoms with E-state index >= 15 is 0 Å². The summed E-state index contributed by atoms with van der Waals surface area (Å²) in [5.74, 6) is 0.159. The molecule has 4 heteroatoms. The lowest BCUT2D eigenvalue weighted by molar-refractivity contribution is 0.172. The van der Waals surface area contributed by atoms with E-state index in [9.17, 15) is 4.39 Å². The van der Waals surface area contributed by atoms with Gasteiger partial charge in [0.2, 0.25) is 0 Å². The van der Waals surface area contributed by atoms with Gasteiger partial charge in [0.1, 0.15) is 5.82 Å². The van der Waals surface area contributed by atoms with Crippen LogP contribution < -0.4 is 5.32 Å². The first-order chi connectivity index (χ1) is 9.10. The summed E-state index contributed by atoms with van der Waals surface area (Å²) >= 11 is 6.07. The van der Waals surface area contributed by atoms with Crippen LogP contribution in [0.15, 0.2) is 18.2 Å². The second kappa shape index (κ2) is 6.69. The molecule has 1 aliphatic carbocycles. The highest BCUT2D eigenvalue weighted by atomic mass is 35.5. The normalized spacial score (nSPS) is 25.3. The van der Waals surface area contributed by atoms with Crippen LogP contribution in [0.25, 0.3) is 0 Å². The monoisotopic (exact) mass is 285 g/mol. The maximum atomic E-state index is 13.0. The Labute approximate surface area is 119 Å². The summed E-state index contributed by atoms with van der Waals surface area (Å²) in [4.78, 5) is 0. The molecule has 106 valence electrons. The lowest BCUT2D eigenvalue weighted by Crippen LogP contribution is -2.35. The fraction of sp³-hybridized carbons (Fsp3) is 0.600. The van der Waals surface area contributed by atoms with Gasteiger partial charge in [0, 0.05) is 23.7 Å². The second-order valence-electron chi connectivity index (χ2n) is 5.45. The number of halogens is 2. The molecule has 0 saturated heterocycles. The molecule has 0 heterocycles. The van der Waals surface area contributed by atoms with Crippen LogP contribution in [0.1, 0.15) is 44.2 Å². The first kappa shape index (κ1) is 14.8. The molecule has 1 aliphatic rings. The Morgan fingerprint density at radius 1 is 1.37 bits per heavy atom. The highest BCUT2D eigenvalue weighted by Crippen LogP contribution is 2.28. The van der Waals surface area contributed by atoms with Gasteiger partial charge in [-0.2, -0.15) is 0 Å². The number of rotatable bonds is 4. The van der Waals surface area contributed by atoms with Crippen molar-refractivity contribution >= 4 is 11.6 Å². The third-order valence-corrected chi connectivity index (χ3v) is 4.35. The van der Waals surface area contributed by atoms with Crippen LogP contribution >= 0.6 is 11.6 Å². The van der Waals surface area contributed by atoms with Crippen LogP contribution in [0.5, 0.6) is 0 Å². The third-order valence-electron chi connectivity index (χ3n) is 4.02. The molecule has 0 aliphatic heterocycles. The molecule has 1 aromatic carbocycles. The number of aliphatic hydroxyl groups is 1. The zero-order valence-corrected chi connectivity index (χ0v) is 12.0. The molecule has 1 saturated carbocycles. The van der Waals surface area contributed by atoms with Gasteiger partial charge in [-0.25, -0.2) is 4.39 Å². The molecule has 1 aromatic rings. The number of hydrogen-bond donors (Lipinski definition) is 2. The van der Waals surface area contributed by atoms with Crippen molar-refractivity contribution in [1.82, 2.24) is 5.32 Å². The molecule has 0 radical (unpaired) electrons. The first-order valence-electron chi connectivity index (χ1n) is 6.92. The Morgan fingerprint density at radius 3 is 2.63 bits per heavy atom. The van der Waals surface area contributed by atoms with E-state index < -0.39 is 0 Å². The fourth-order valence-electron chi connectivity index (χ4n) is 2.81. The minimum atomic E-state index is -0.301. The van der Waals surface area contributed by atoms with Crippen molar-refractivity contribution in [3.8, 4) is 0 Å². The molecule has 0 bridgehead atoms. The summed E-state index contributed by atoms with van der Waals surface area (Å²) in [6.45, 7) is 2.35. The molecule has 2 rings (SSSR count). The van der Waals surface area contributed by atoms with E-state index in [1.807, 2.05) is 0 Å². The van der Waals surface area contributed by atoms with Crippen LogP contribution in [-0.2, 0) is 0 Å². The Kier molecular flexibility index (Phi) is 5.20. The van der Waals surface area contributed by atoms with Crippen molar-refractivity contribution in [2.24, 2.45) is 5.92 Å². The molecule has 0 spiro atoms. The van der Waals surface area contributed by atoms with Crippen LogP contribution in [0.3, 0.4) is 0 Å². The molecule has 1 unspecified atom stereocenters. The molecule has 1 fully saturated rings. The van der Waals surface area contributed by atoms with Crippen molar-refractivity contribution in [3.63, 3.8) is 0 Å². The molecule has 19 heavy (non-hydrogen) atoms. The van der Waals surface area contributed by atoms with Gasteiger partial charge in [-0.15, -0.1) is 0 Å².